The summed E-state index contributed by atoms with van der Waals surface area (Å²) < 4.78 is 86.7. The summed E-state index contributed by atoms with van der Waals surface area (Å²) in [5, 5.41) is 9.75. The van der Waals surface area contributed by atoms with Gasteiger partial charge < -0.3 is 5.11 Å². The fourth-order valence-electron chi connectivity index (χ4n) is 1.92. The number of aliphatic hydroxyl groups excluding tert-OH is 1. The smallest absolute Gasteiger partial charge is 0.461 e. The summed E-state index contributed by atoms with van der Waals surface area (Å²) in [6, 6.07) is 4.56. The molecule has 0 radical (unpaired) electrons. The standard InChI is InChI=1S/C12H7F5O4S/c13-11(14,12(15,16)17)10(19)7-5-22(20,21)8-4-2-1-3-6(8)9(7)18/h1-4,18H,5H2. The number of benzene rings is 1. The van der Waals surface area contributed by atoms with E-state index in [0.717, 1.165) is 12.1 Å². The third-order valence-corrected chi connectivity index (χ3v) is 4.71. The quantitative estimate of drug-likeness (QED) is 0.839. The molecular weight excluding hydrogens is 335 g/mol. The Hall–Kier alpha value is -1.97. The minimum Gasteiger partial charge on any atom is -0.507 e. The zero-order valence-corrected chi connectivity index (χ0v) is 11.3. The number of sulfone groups is 1. The van der Waals surface area contributed by atoms with Crippen molar-refractivity contribution in [2.24, 2.45) is 0 Å². The number of carbonyl (C=O) groups excluding carboxylic acids is 1. The normalized spacial score (nSPS) is 18.0. The number of rotatable bonds is 2. The molecule has 0 bridgehead atoms. The molecule has 0 unspecified atom stereocenters. The molecule has 0 fully saturated rings. The molecule has 0 saturated carbocycles. The maximum Gasteiger partial charge on any atom is 0.461 e. The van der Waals surface area contributed by atoms with Crippen molar-refractivity contribution in [3.8, 4) is 0 Å². The average molecular weight is 342 g/mol. The second-order valence-corrected chi connectivity index (χ2v) is 6.44. The van der Waals surface area contributed by atoms with Crippen molar-refractivity contribution in [3.63, 3.8) is 0 Å². The maximum atomic E-state index is 13.1. The molecule has 0 spiro atoms. The van der Waals surface area contributed by atoms with Crippen molar-refractivity contribution in [3.05, 3.63) is 35.4 Å². The van der Waals surface area contributed by atoms with E-state index in [1.54, 1.807) is 0 Å². The number of carbonyl (C=O) groups is 1. The molecule has 1 aromatic carbocycles. The van der Waals surface area contributed by atoms with E-state index in [0.29, 0.717) is 0 Å². The van der Waals surface area contributed by atoms with Gasteiger partial charge in [-0.1, -0.05) is 12.1 Å². The van der Waals surface area contributed by atoms with Crippen LogP contribution in [0.3, 0.4) is 0 Å². The van der Waals surface area contributed by atoms with Gasteiger partial charge in [-0.2, -0.15) is 22.0 Å². The second kappa shape index (κ2) is 4.77. The summed E-state index contributed by atoms with van der Waals surface area (Å²) in [5.41, 5.74) is -1.98. The minimum absolute atomic E-state index is 0.445. The SMILES string of the molecule is O=C(C1=C(O)c2ccccc2S(=O)(=O)C1)C(F)(F)C(F)(F)F. The van der Waals surface area contributed by atoms with Crippen molar-refractivity contribution < 1.29 is 40.3 Å². The number of ketones is 1. The first-order valence-electron chi connectivity index (χ1n) is 5.63. The molecule has 4 nitrogen and oxygen atoms in total. The summed E-state index contributed by atoms with van der Waals surface area (Å²) in [4.78, 5) is 11.0. The summed E-state index contributed by atoms with van der Waals surface area (Å²) in [6.45, 7) is 0. The fraction of sp³-hybridized carbons (Fsp3) is 0.250. The Bertz CT molecular complexity index is 777. The zero-order valence-electron chi connectivity index (χ0n) is 10.5. The Kier molecular flexibility index (Phi) is 3.55. The van der Waals surface area contributed by atoms with Gasteiger partial charge in [0.2, 0.25) is 5.78 Å². The van der Waals surface area contributed by atoms with Crippen LogP contribution in [-0.4, -0.2) is 37.2 Å². The average Bonchev–Trinajstić information content (AvgIpc) is 2.41. The summed E-state index contributed by atoms with van der Waals surface area (Å²) in [5.74, 6) is -11.2. The molecule has 0 amide bonds. The Morgan fingerprint density at radius 1 is 1.09 bits per heavy atom. The predicted octanol–water partition coefficient (Wildman–Crippen LogP) is 2.51. The maximum absolute atomic E-state index is 13.1. The molecule has 1 heterocycles. The highest BCUT2D eigenvalue weighted by molar-refractivity contribution is 7.91. The highest BCUT2D eigenvalue weighted by atomic mass is 32.2. The molecule has 1 aliphatic rings. The van der Waals surface area contributed by atoms with Crippen LogP contribution in [0.4, 0.5) is 22.0 Å². The van der Waals surface area contributed by atoms with Crippen LogP contribution in [-0.2, 0) is 14.6 Å². The van der Waals surface area contributed by atoms with Crippen LogP contribution >= 0.6 is 0 Å². The molecule has 1 N–H and O–H groups in total. The summed E-state index contributed by atoms with van der Waals surface area (Å²) in [7, 11) is -4.31. The monoisotopic (exact) mass is 342 g/mol. The third-order valence-electron chi connectivity index (χ3n) is 3.01. The van der Waals surface area contributed by atoms with Crippen molar-refractivity contribution in [1.29, 1.82) is 0 Å². The molecule has 0 saturated heterocycles. The molecular formula is C12H7F5O4S. The van der Waals surface area contributed by atoms with Crippen molar-refractivity contribution in [2.75, 3.05) is 5.75 Å². The van der Waals surface area contributed by atoms with Gasteiger partial charge in [0, 0.05) is 5.56 Å². The molecule has 0 aromatic heterocycles. The van der Waals surface area contributed by atoms with Gasteiger partial charge >= 0.3 is 12.1 Å². The Balaban J connectivity index is 2.66. The topological polar surface area (TPSA) is 71.4 Å². The summed E-state index contributed by atoms with van der Waals surface area (Å²) in [6.07, 6.45) is -6.20. The Morgan fingerprint density at radius 3 is 2.18 bits per heavy atom. The predicted molar refractivity (Wildman–Crippen MR) is 64.1 cm³/mol. The van der Waals surface area contributed by atoms with Crippen molar-refractivity contribution in [2.45, 2.75) is 17.0 Å². The number of hydrogen-bond acceptors (Lipinski definition) is 4. The molecule has 1 aliphatic heterocycles. The number of halogens is 5. The molecule has 2 rings (SSSR count). The van der Waals surface area contributed by atoms with Gasteiger partial charge in [-0.15, -0.1) is 0 Å². The lowest BCUT2D eigenvalue weighted by molar-refractivity contribution is -0.266. The van der Waals surface area contributed by atoms with E-state index in [1.165, 1.54) is 12.1 Å². The van der Waals surface area contributed by atoms with Gasteiger partial charge in [0.25, 0.3) is 0 Å². The lowest BCUT2D eigenvalue weighted by atomic mass is 10.0. The summed E-state index contributed by atoms with van der Waals surface area (Å²) >= 11 is 0. The minimum atomic E-state index is -6.20. The van der Waals surface area contributed by atoms with Crippen LogP contribution in [0.25, 0.3) is 5.76 Å². The zero-order chi connectivity index (χ0) is 16.9. The van der Waals surface area contributed by atoms with Gasteiger partial charge in [-0.25, -0.2) is 8.42 Å². The molecule has 10 heteroatoms. The highest BCUT2D eigenvalue weighted by Gasteiger charge is 2.64. The highest BCUT2D eigenvalue weighted by Crippen LogP contribution is 2.41. The molecule has 0 atom stereocenters. The van der Waals surface area contributed by atoms with Gasteiger partial charge in [-0.05, 0) is 12.1 Å². The third kappa shape index (κ3) is 2.36. The Morgan fingerprint density at radius 2 is 1.64 bits per heavy atom. The molecule has 0 aliphatic carbocycles. The number of alkyl halides is 5. The number of Topliss-reactive ketones (excluding diaryl/α,β-unsaturated/α-hetero) is 1. The first kappa shape index (κ1) is 16.4. The molecule has 22 heavy (non-hydrogen) atoms. The first-order valence-corrected chi connectivity index (χ1v) is 7.28. The lowest BCUT2D eigenvalue weighted by Crippen LogP contribution is -2.46. The molecule has 1 aromatic rings. The van der Waals surface area contributed by atoms with Crippen LogP contribution < -0.4 is 0 Å². The van der Waals surface area contributed by atoms with Crippen molar-refractivity contribution >= 4 is 21.4 Å². The van der Waals surface area contributed by atoms with Crippen LogP contribution in [0, 0.1) is 0 Å². The van der Waals surface area contributed by atoms with Gasteiger partial charge in [0.1, 0.15) is 5.76 Å². The number of hydrogen-bond donors (Lipinski definition) is 1. The van der Waals surface area contributed by atoms with E-state index in [-0.39, 0.29) is 0 Å². The van der Waals surface area contributed by atoms with Crippen LogP contribution in [0.1, 0.15) is 5.56 Å². The largest absolute Gasteiger partial charge is 0.507 e. The lowest BCUT2D eigenvalue weighted by Gasteiger charge is -2.23. The van der Waals surface area contributed by atoms with E-state index in [4.69, 9.17) is 0 Å². The van der Waals surface area contributed by atoms with E-state index < -0.39 is 55.3 Å². The number of fused-ring (bicyclic) bond motifs is 1. The van der Waals surface area contributed by atoms with Crippen LogP contribution in [0.5, 0.6) is 0 Å². The van der Waals surface area contributed by atoms with Gasteiger partial charge in [0.15, 0.2) is 9.84 Å². The van der Waals surface area contributed by atoms with Gasteiger partial charge in [-0.3, -0.25) is 4.79 Å². The van der Waals surface area contributed by atoms with E-state index >= 15 is 0 Å². The van der Waals surface area contributed by atoms with Gasteiger partial charge in [0.05, 0.1) is 16.2 Å². The number of aliphatic hydroxyl groups is 1. The van der Waals surface area contributed by atoms with E-state index in [9.17, 15) is 40.3 Å². The van der Waals surface area contributed by atoms with Crippen LogP contribution in [0.15, 0.2) is 34.7 Å². The second-order valence-electron chi connectivity index (χ2n) is 4.48. The first-order chi connectivity index (χ1) is 9.89. The molecule has 120 valence electrons. The fourth-order valence-corrected chi connectivity index (χ4v) is 3.51. The van der Waals surface area contributed by atoms with E-state index in [2.05, 4.69) is 0 Å². The Labute approximate surface area is 120 Å². The van der Waals surface area contributed by atoms with Crippen molar-refractivity contribution in [1.82, 2.24) is 0 Å². The van der Waals surface area contributed by atoms with Crippen LogP contribution in [0.2, 0.25) is 0 Å². The van der Waals surface area contributed by atoms with E-state index in [1.807, 2.05) is 0 Å².